The van der Waals surface area contributed by atoms with E-state index in [2.05, 4.69) is 13.8 Å². The summed E-state index contributed by atoms with van der Waals surface area (Å²) in [7, 11) is 0. The molecule has 0 unspecified atom stereocenters. The quantitative estimate of drug-likeness (QED) is 0.0317. The van der Waals surface area contributed by atoms with Crippen molar-refractivity contribution in [2.75, 3.05) is 0 Å². The fourth-order valence-corrected chi connectivity index (χ4v) is 5.51. The molecule has 3 nitrogen and oxygen atoms in total. The topological polar surface area (TPSA) is 43.4 Å². The van der Waals surface area contributed by atoms with E-state index in [0.29, 0.717) is 12.8 Å². The number of ether oxygens (including phenoxy) is 1. The molecule has 238 valence electrons. The fraction of sp³-hybridized carbons (Fsp3) is 0.944. The third-order valence-electron chi connectivity index (χ3n) is 8.20. The molecule has 41 heavy (non-hydrogen) atoms. The smallest absolute Gasteiger partial charge is 0.316 e. The maximum atomic E-state index is 11.9. The molecular weight excluding hydrogens is 570 g/mol. The summed E-state index contributed by atoms with van der Waals surface area (Å²) >= 11 is 0. The predicted molar refractivity (Wildman–Crippen MR) is 179 cm³/mol. The van der Waals surface area contributed by atoms with E-state index in [-0.39, 0.29) is 54.5 Å². The minimum Gasteiger partial charge on any atom is -0.393 e. The monoisotopic (exact) mass is 640 g/mol. The Bertz CT molecular complexity index is 471. The van der Waals surface area contributed by atoms with Crippen LogP contribution in [-0.4, -0.2) is 35.0 Å². The summed E-state index contributed by atoms with van der Waals surface area (Å²) in [5.41, 5.74) is 0. The minimum absolute atomic E-state index is 0. The number of hydrogen-bond acceptors (Lipinski definition) is 3. The molecule has 0 heterocycles. The van der Waals surface area contributed by atoms with E-state index in [1.807, 2.05) is 0 Å². The molecule has 0 aromatic heterocycles. The molecular formula is C36H72MgO3Zn. The molecule has 0 aromatic rings. The zero-order valence-corrected chi connectivity index (χ0v) is 30.5. The van der Waals surface area contributed by atoms with Crippen molar-refractivity contribution in [2.45, 2.75) is 219 Å². The number of carbonyl (C=O) groups is 2. The molecule has 0 rings (SSSR count). The van der Waals surface area contributed by atoms with Crippen molar-refractivity contribution in [3.8, 4) is 0 Å². The Labute approximate surface area is 286 Å². The Morgan fingerprint density at radius 1 is 0.341 bits per heavy atom. The van der Waals surface area contributed by atoms with Gasteiger partial charge in [-0.05, 0) is 12.8 Å². The molecule has 0 spiro atoms. The molecule has 0 bridgehead atoms. The Morgan fingerprint density at radius 2 is 0.512 bits per heavy atom. The molecule has 0 saturated heterocycles. The van der Waals surface area contributed by atoms with E-state index < -0.39 is 0 Å². The van der Waals surface area contributed by atoms with Gasteiger partial charge in [0.15, 0.2) is 0 Å². The van der Waals surface area contributed by atoms with Gasteiger partial charge in [-0.2, -0.15) is 0 Å². The van der Waals surface area contributed by atoms with E-state index in [1.165, 1.54) is 167 Å². The van der Waals surface area contributed by atoms with Gasteiger partial charge in [0, 0.05) is 32.3 Å². The van der Waals surface area contributed by atoms with Crippen molar-refractivity contribution in [1.29, 1.82) is 0 Å². The number of esters is 2. The van der Waals surface area contributed by atoms with Crippen LogP contribution in [0.15, 0.2) is 0 Å². The Hall–Kier alpha value is 0.530. The molecule has 0 radical (unpaired) electrons. The summed E-state index contributed by atoms with van der Waals surface area (Å²) in [5.74, 6) is -0.647. The Morgan fingerprint density at radius 3 is 0.707 bits per heavy atom. The van der Waals surface area contributed by atoms with E-state index in [1.54, 1.807) is 0 Å². The van der Waals surface area contributed by atoms with Gasteiger partial charge in [-0.3, -0.25) is 9.59 Å². The van der Waals surface area contributed by atoms with E-state index in [4.69, 9.17) is 4.74 Å². The number of carbonyl (C=O) groups excluding carboxylic acids is 2. The van der Waals surface area contributed by atoms with Crippen molar-refractivity contribution in [1.82, 2.24) is 0 Å². The second kappa shape index (κ2) is 40.5. The molecule has 0 saturated carbocycles. The first-order valence-corrected chi connectivity index (χ1v) is 17.9. The van der Waals surface area contributed by atoms with Crippen LogP contribution < -0.4 is 0 Å². The van der Waals surface area contributed by atoms with Crippen LogP contribution in [0.5, 0.6) is 0 Å². The Kier molecular flexibility index (Phi) is 45.4. The summed E-state index contributed by atoms with van der Waals surface area (Å²) in [6.07, 6.45) is 40.1. The van der Waals surface area contributed by atoms with Gasteiger partial charge in [0.25, 0.3) is 0 Å². The van der Waals surface area contributed by atoms with E-state index in [0.717, 1.165) is 25.7 Å². The summed E-state index contributed by atoms with van der Waals surface area (Å²) in [4.78, 5) is 23.8. The summed E-state index contributed by atoms with van der Waals surface area (Å²) in [5, 5.41) is 0. The molecule has 0 atom stereocenters. The van der Waals surface area contributed by atoms with E-state index in [9.17, 15) is 9.59 Å². The third kappa shape index (κ3) is 40.5. The van der Waals surface area contributed by atoms with Crippen molar-refractivity contribution in [3.63, 3.8) is 0 Å². The molecule has 5 heteroatoms. The minimum atomic E-state index is -0.323. The van der Waals surface area contributed by atoms with Crippen LogP contribution in [0.1, 0.15) is 219 Å². The van der Waals surface area contributed by atoms with Crippen molar-refractivity contribution in [3.05, 3.63) is 0 Å². The summed E-state index contributed by atoms with van der Waals surface area (Å²) in [6, 6.07) is 0. The number of unbranched alkanes of at least 4 members (excludes halogenated alkanes) is 28. The van der Waals surface area contributed by atoms with Gasteiger partial charge in [-0.1, -0.05) is 194 Å². The van der Waals surface area contributed by atoms with Crippen LogP contribution in [0.25, 0.3) is 0 Å². The van der Waals surface area contributed by atoms with Gasteiger partial charge in [-0.15, -0.1) is 0 Å². The first-order valence-electron chi connectivity index (χ1n) is 17.9. The first kappa shape index (κ1) is 46.0. The maximum Gasteiger partial charge on any atom is 0.316 e. The number of hydrogen-bond donors (Lipinski definition) is 0. The van der Waals surface area contributed by atoms with Crippen LogP contribution in [0.2, 0.25) is 0 Å². The summed E-state index contributed by atoms with van der Waals surface area (Å²) < 4.78 is 5.01. The first-order chi connectivity index (χ1) is 19.2. The molecule has 0 aromatic carbocycles. The fourth-order valence-electron chi connectivity index (χ4n) is 5.51. The van der Waals surface area contributed by atoms with Gasteiger partial charge in [-0.25, -0.2) is 0 Å². The maximum absolute atomic E-state index is 11.9. The van der Waals surface area contributed by atoms with Gasteiger partial charge < -0.3 is 4.74 Å². The van der Waals surface area contributed by atoms with Gasteiger partial charge in [0.1, 0.15) is 0 Å². The van der Waals surface area contributed by atoms with Crippen LogP contribution in [-0.2, 0) is 33.8 Å². The van der Waals surface area contributed by atoms with Crippen molar-refractivity contribution in [2.24, 2.45) is 0 Å². The van der Waals surface area contributed by atoms with Gasteiger partial charge in [0.2, 0.25) is 0 Å². The Balaban J connectivity index is -0.00000722. The van der Waals surface area contributed by atoms with Crippen LogP contribution >= 0.6 is 0 Å². The van der Waals surface area contributed by atoms with Crippen molar-refractivity contribution >= 4 is 35.0 Å². The summed E-state index contributed by atoms with van der Waals surface area (Å²) in [6.45, 7) is 4.55. The molecule has 0 aliphatic rings. The van der Waals surface area contributed by atoms with Crippen molar-refractivity contribution < 1.29 is 33.8 Å². The molecule has 0 amide bonds. The third-order valence-corrected chi connectivity index (χ3v) is 8.20. The van der Waals surface area contributed by atoms with Crippen LogP contribution in [0.3, 0.4) is 0 Å². The molecule has 0 aliphatic heterocycles. The van der Waals surface area contributed by atoms with Gasteiger partial charge >= 0.3 is 35.0 Å². The predicted octanol–water partition coefficient (Wildman–Crippen LogP) is 11.7. The van der Waals surface area contributed by atoms with Crippen LogP contribution in [0.4, 0.5) is 0 Å². The molecule has 0 aliphatic carbocycles. The second-order valence-electron chi connectivity index (χ2n) is 12.2. The van der Waals surface area contributed by atoms with Crippen LogP contribution in [0, 0.1) is 0 Å². The van der Waals surface area contributed by atoms with E-state index >= 15 is 0 Å². The second-order valence-corrected chi connectivity index (χ2v) is 12.2. The molecule has 0 N–H and O–H groups in total. The average Bonchev–Trinajstić information content (AvgIpc) is 2.93. The average molecular weight is 643 g/mol. The normalized spacial score (nSPS) is 10.7. The number of rotatable bonds is 32. The standard InChI is InChI=1S/C36H70O3.Mg.Zn.2H/c1-3-5-7-9-11-13-15-17-19-21-23-25-27-29-31-33-35(37)39-36(38)34-32-30-28-26-24-22-20-18-16-14-12-10-8-6-4-2;;;;/h3-34H2,1-2H3;;;;. The molecule has 0 fully saturated rings. The zero-order valence-electron chi connectivity index (χ0n) is 27.6. The largest absolute Gasteiger partial charge is 0.393 e. The van der Waals surface area contributed by atoms with Gasteiger partial charge in [0.05, 0.1) is 0 Å². The zero-order chi connectivity index (χ0) is 28.5. The SMILES string of the molecule is CCCCCCCCCCCCCCCCCC(=O)OC(=O)CCCCCCCCCCCCCCCCC.[MgH2].[Zn].